The second-order valence-corrected chi connectivity index (χ2v) is 4.02. The molecule has 0 radical (unpaired) electrons. The molecular formula is C14H21NO5. The van der Waals surface area contributed by atoms with Crippen LogP contribution in [-0.4, -0.2) is 46.6 Å². The number of nitrogens with two attached hydrogens (primary N) is 1. The molecule has 0 spiro atoms. The van der Waals surface area contributed by atoms with E-state index < -0.39 is 5.97 Å². The lowest BCUT2D eigenvalue weighted by Crippen LogP contribution is -2.13. The first-order valence-electron chi connectivity index (χ1n) is 6.37. The summed E-state index contributed by atoms with van der Waals surface area (Å²) in [5.74, 6) is -0.145. The Hall–Kier alpha value is -1.79. The van der Waals surface area contributed by atoms with Crippen LogP contribution in [0.15, 0.2) is 18.2 Å². The lowest BCUT2D eigenvalue weighted by Gasteiger charge is -2.10. The van der Waals surface area contributed by atoms with Crippen LogP contribution >= 0.6 is 0 Å². The summed E-state index contributed by atoms with van der Waals surface area (Å²) < 4.78 is 20.4. The van der Waals surface area contributed by atoms with Gasteiger partial charge in [0.1, 0.15) is 12.2 Å². The zero-order valence-corrected chi connectivity index (χ0v) is 11.9. The first kappa shape index (κ1) is 16.3. The summed E-state index contributed by atoms with van der Waals surface area (Å²) in [6, 6.07) is 4.95. The van der Waals surface area contributed by atoms with E-state index in [1.54, 1.807) is 25.3 Å². The molecule has 0 heterocycles. The fourth-order valence-electron chi connectivity index (χ4n) is 1.62. The number of para-hydroxylation sites is 1. The van der Waals surface area contributed by atoms with Gasteiger partial charge in [-0.05, 0) is 18.6 Å². The second-order valence-electron chi connectivity index (χ2n) is 4.02. The van der Waals surface area contributed by atoms with Crippen molar-refractivity contribution in [3.8, 4) is 5.75 Å². The van der Waals surface area contributed by atoms with Crippen LogP contribution in [0.4, 0.5) is 5.69 Å². The van der Waals surface area contributed by atoms with Crippen LogP contribution in [0.3, 0.4) is 0 Å². The number of hydrogen-bond acceptors (Lipinski definition) is 6. The van der Waals surface area contributed by atoms with Crippen molar-refractivity contribution in [2.45, 2.75) is 6.42 Å². The standard InChI is InChI=1S/C14H21NO5/c1-17-7-4-8-19-9-10-20-14(16)11-5-3-6-12(15)13(11)18-2/h3,5-6H,4,7-10,15H2,1-2H3. The van der Waals surface area contributed by atoms with E-state index in [1.165, 1.54) is 7.11 Å². The van der Waals surface area contributed by atoms with Crippen molar-refractivity contribution in [1.29, 1.82) is 0 Å². The molecule has 0 fully saturated rings. The number of esters is 1. The van der Waals surface area contributed by atoms with Crippen LogP contribution in [0.2, 0.25) is 0 Å². The third kappa shape index (κ3) is 5.07. The van der Waals surface area contributed by atoms with Crippen molar-refractivity contribution in [3.63, 3.8) is 0 Å². The van der Waals surface area contributed by atoms with Crippen LogP contribution in [0.5, 0.6) is 5.75 Å². The average molecular weight is 283 g/mol. The molecule has 1 rings (SSSR count). The maximum absolute atomic E-state index is 11.9. The van der Waals surface area contributed by atoms with Gasteiger partial charge in [-0.3, -0.25) is 0 Å². The van der Waals surface area contributed by atoms with Gasteiger partial charge in [-0.15, -0.1) is 0 Å². The van der Waals surface area contributed by atoms with Crippen molar-refractivity contribution in [3.05, 3.63) is 23.8 Å². The van der Waals surface area contributed by atoms with Gasteiger partial charge in [0.05, 0.1) is 19.4 Å². The molecule has 0 atom stereocenters. The topological polar surface area (TPSA) is 80.0 Å². The van der Waals surface area contributed by atoms with Gasteiger partial charge in [-0.25, -0.2) is 4.79 Å². The Morgan fingerprint density at radius 3 is 2.65 bits per heavy atom. The van der Waals surface area contributed by atoms with Crippen molar-refractivity contribution >= 4 is 11.7 Å². The fraction of sp³-hybridized carbons (Fsp3) is 0.500. The molecule has 0 bridgehead atoms. The minimum Gasteiger partial charge on any atom is -0.494 e. The predicted octanol–water partition coefficient (Wildman–Crippen LogP) is 1.49. The molecule has 6 heteroatoms. The number of ether oxygens (including phenoxy) is 4. The highest BCUT2D eigenvalue weighted by atomic mass is 16.6. The van der Waals surface area contributed by atoms with Crippen LogP contribution in [-0.2, 0) is 14.2 Å². The number of methoxy groups -OCH3 is 2. The third-order valence-corrected chi connectivity index (χ3v) is 2.57. The average Bonchev–Trinajstić information content (AvgIpc) is 2.45. The van der Waals surface area contributed by atoms with Crippen LogP contribution in [0.25, 0.3) is 0 Å². The van der Waals surface area contributed by atoms with E-state index in [9.17, 15) is 4.79 Å². The molecule has 2 N–H and O–H groups in total. The Kier molecular flexibility index (Phi) is 7.46. The second kappa shape index (κ2) is 9.17. The summed E-state index contributed by atoms with van der Waals surface area (Å²) in [6.45, 7) is 1.76. The number of carbonyl (C=O) groups is 1. The smallest absolute Gasteiger partial charge is 0.342 e. The molecule has 0 aliphatic heterocycles. The van der Waals surface area contributed by atoms with E-state index in [0.717, 1.165) is 6.42 Å². The lowest BCUT2D eigenvalue weighted by molar-refractivity contribution is 0.0285. The van der Waals surface area contributed by atoms with E-state index in [4.69, 9.17) is 24.7 Å². The van der Waals surface area contributed by atoms with E-state index in [-0.39, 0.29) is 6.61 Å². The van der Waals surface area contributed by atoms with E-state index >= 15 is 0 Å². The van der Waals surface area contributed by atoms with E-state index in [0.29, 0.717) is 36.8 Å². The van der Waals surface area contributed by atoms with Crippen molar-refractivity contribution in [1.82, 2.24) is 0 Å². The number of nitrogen functional groups attached to an aromatic ring is 1. The van der Waals surface area contributed by atoms with Gasteiger partial charge in [-0.1, -0.05) is 6.07 Å². The molecule has 0 aliphatic rings. The minimum atomic E-state index is -0.477. The maximum Gasteiger partial charge on any atom is 0.342 e. The maximum atomic E-state index is 11.9. The monoisotopic (exact) mass is 283 g/mol. The van der Waals surface area contributed by atoms with Crippen LogP contribution < -0.4 is 10.5 Å². The predicted molar refractivity (Wildman–Crippen MR) is 75.0 cm³/mol. The Morgan fingerprint density at radius 1 is 1.15 bits per heavy atom. The first-order chi connectivity index (χ1) is 9.70. The van der Waals surface area contributed by atoms with Gasteiger partial charge in [0.2, 0.25) is 0 Å². The highest BCUT2D eigenvalue weighted by molar-refractivity contribution is 5.94. The van der Waals surface area contributed by atoms with Crippen molar-refractivity contribution in [2.75, 3.05) is 46.4 Å². The summed E-state index contributed by atoms with van der Waals surface area (Å²) in [5.41, 5.74) is 6.44. The normalized spacial score (nSPS) is 10.3. The van der Waals surface area contributed by atoms with Gasteiger partial charge in [0.25, 0.3) is 0 Å². The Morgan fingerprint density at radius 2 is 1.95 bits per heavy atom. The van der Waals surface area contributed by atoms with Gasteiger partial charge >= 0.3 is 5.97 Å². The van der Waals surface area contributed by atoms with Crippen molar-refractivity contribution in [2.24, 2.45) is 0 Å². The molecule has 0 aromatic heterocycles. The zero-order chi connectivity index (χ0) is 14.8. The van der Waals surface area contributed by atoms with E-state index in [1.807, 2.05) is 0 Å². The van der Waals surface area contributed by atoms with Gasteiger partial charge in [-0.2, -0.15) is 0 Å². The minimum absolute atomic E-state index is 0.184. The number of hydrogen-bond donors (Lipinski definition) is 1. The molecule has 112 valence electrons. The summed E-state index contributed by atoms with van der Waals surface area (Å²) >= 11 is 0. The SMILES string of the molecule is COCCCOCCOC(=O)c1cccc(N)c1OC. The number of carbonyl (C=O) groups excluding carboxylic acids is 1. The first-order valence-corrected chi connectivity index (χ1v) is 6.37. The lowest BCUT2D eigenvalue weighted by atomic mass is 10.2. The molecule has 0 saturated carbocycles. The molecule has 0 unspecified atom stereocenters. The highest BCUT2D eigenvalue weighted by Gasteiger charge is 2.15. The van der Waals surface area contributed by atoms with Gasteiger partial charge in [0.15, 0.2) is 5.75 Å². The third-order valence-electron chi connectivity index (χ3n) is 2.57. The van der Waals surface area contributed by atoms with E-state index in [2.05, 4.69) is 0 Å². The largest absolute Gasteiger partial charge is 0.494 e. The molecule has 1 aromatic rings. The fourth-order valence-corrected chi connectivity index (χ4v) is 1.62. The highest BCUT2D eigenvalue weighted by Crippen LogP contribution is 2.26. The molecule has 0 amide bonds. The van der Waals surface area contributed by atoms with Crippen LogP contribution in [0, 0.1) is 0 Å². The molecule has 6 nitrogen and oxygen atoms in total. The molecule has 0 saturated heterocycles. The summed E-state index contributed by atoms with van der Waals surface area (Å²) in [6.07, 6.45) is 0.813. The van der Waals surface area contributed by atoms with Crippen LogP contribution in [0.1, 0.15) is 16.8 Å². The Balaban J connectivity index is 2.35. The van der Waals surface area contributed by atoms with Gasteiger partial charge < -0.3 is 24.7 Å². The van der Waals surface area contributed by atoms with Crippen molar-refractivity contribution < 1.29 is 23.7 Å². The summed E-state index contributed by atoms with van der Waals surface area (Å²) in [5, 5.41) is 0. The Labute approximate surface area is 118 Å². The number of anilines is 1. The molecule has 0 aliphatic carbocycles. The quantitative estimate of drug-likeness (QED) is 0.420. The summed E-state index contributed by atoms with van der Waals surface area (Å²) in [7, 11) is 3.10. The molecular weight excluding hydrogens is 262 g/mol. The molecule has 20 heavy (non-hydrogen) atoms. The number of rotatable bonds is 9. The van der Waals surface area contributed by atoms with Gasteiger partial charge in [0, 0.05) is 20.3 Å². The molecule has 1 aromatic carbocycles. The summed E-state index contributed by atoms with van der Waals surface area (Å²) in [4.78, 5) is 11.9. The zero-order valence-electron chi connectivity index (χ0n) is 11.9. The Bertz CT molecular complexity index is 422. The number of benzene rings is 1.